The van der Waals surface area contributed by atoms with Crippen LogP contribution >= 0.6 is 0 Å². The molecule has 6 nitrogen and oxygen atoms in total. The summed E-state index contributed by atoms with van der Waals surface area (Å²) < 4.78 is 17.4. The number of aliphatic imine (C=N–C) groups is 1. The SMILES string of the molecule is CCNC(=NCc1ccc(C)cc1OCCC(C)C)NCC1(OC)CCOCC1. The molecule has 1 aliphatic heterocycles. The molecule has 0 radical (unpaired) electrons. The van der Waals surface area contributed by atoms with Gasteiger partial charge in [-0.25, -0.2) is 4.99 Å². The molecule has 1 aromatic carbocycles. The van der Waals surface area contributed by atoms with Crippen LogP contribution in [-0.2, 0) is 16.0 Å². The maximum atomic E-state index is 6.07. The second kappa shape index (κ2) is 12.0. The Hall–Kier alpha value is -1.79. The minimum atomic E-state index is -0.191. The van der Waals surface area contributed by atoms with Crippen molar-refractivity contribution < 1.29 is 14.2 Å². The number of methoxy groups -OCH3 is 1. The molecule has 0 aromatic heterocycles. The average molecular weight is 406 g/mol. The zero-order valence-corrected chi connectivity index (χ0v) is 18.8. The maximum absolute atomic E-state index is 6.07. The molecule has 0 aliphatic carbocycles. The first-order chi connectivity index (χ1) is 14.0. The van der Waals surface area contributed by atoms with Crippen molar-refractivity contribution in [3.63, 3.8) is 0 Å². The van der Waals surface area contributed by atoms with Gasteiger partial charge in [0.05, 0.1) is 18.8 Å². The number of rotatable bonds is 10. The highest BCUT2D eigenvalue weighted by atomic mass is 16.5. The van der Waals surface area contributed by atoms with Crippen molar-refractivity contribution in [2.24, 2.45) is 10.9 Å². The molecule has 1 saturated heterocycles. The van der Waals surface area contributed by atoms with E-state index in [4.69, 9.17) is 19.2 Å². The topological polar surface area (TPSA) is 64.1 Å². The van der Waals surface area contributed by atoms with Gasteiger partial charge in [0.25, 0.3) is 0 Å². The van der Waals surface area contributed by atoms with E-state index < -0.39 is 0 Å². The predicted molar refractivity (Wildman–Crippen MR) is 119 cm³/mol. The fraction of sp³-hybridized carbons (Fsp3) is 0.696. The smallest absolute Gasteiger partial charge is 0.191 e. The van der Waals surface area contributed by atoms with Crippen molar-refractivity contribution in [3.8, 4) is 5.75 Å². The summed E-state index contributed by atoms with van der Waals surface area (Å²) in [5, 5.41) is 6.79. The molecule has 164 valence electrons. The Kier molecular flexibility index (Phi) is 9.74. The number of nitrogens with one attached hydrogen (secondary N) is 2. The monoisotopic (exact) mass is 405 g/mol. The number of hydrogen-bond donors (Lipinski definition) is 2. The number of ether oxygens (including phenoxy) is 3. The molecule has 0 unspecified atom stereocenters. The van der Waals surface area contributed by atoms with Crippen LogP contribution in [0.4, 0.5) is 0 Å². The Balaban J connectivity index is 2.03. The molecule has 6 heteroatoms. The Morgan fingerprint density at radius 3 is 2.66 bits per heavy atom. The molecule has 2 rings (SSSR count). The van der Waals surface area contributed by atoms with Crippen LogP contribution < -0.4 is 15.4 Å². The van der Waals surface area contributed by atoms with Crippen molar-refractivity contribution in [1.82, 2.24) is 10.6 Å². The molecule has 1 fully saturated rings. The van der Waals surface area contributed by atoms with E-state index in [1.165, 1.54) is 5.56 Å². The van der Waals surface area contributed by atoms with Crippen LogP contribution in [0.25, 0.3) is 0 Å². The van der Waals surface area contributed by atoms with Gasteiger partial charge >= 0.3 is 0 Å². The summed E-state index contributed by atoms with van der Waals surface area (Å²) in [6.45, 7) is 12.9. The van der Waals surface area contributed by atoms with E-state index in [1.54, 1.807) is 7.11 Å². The van der Waals surface area contributed by atoms with Gasteiger partial charge in [0.15, 0.2) is 5.96 Å². The third kappa shape index (κ3) is 7.86. The van der Waals surface area contributed by atoms with Gasteiger partial charge in [-0.3, -0.25) is 0 Å². The van der Waals surface area contributed by atoms with Crippen molar-refractivity contribution >= 4 is 5.96 Å². The molecule has 1 aromatic rings. The van der Waals surface area contributed by atoms with Crippen molar-refractivity contribution in [2.75, 3.05) is 40.0 Å². The van der Waals surface area contributed by atoms with E-state index in [-0.39, 0.29) is 5.60 Å². The third-order valence-corrected chi connectivity index (χ3v) is 5.34. The molecule has 0 saturated carbocycles. The van der Waals surface area contributed by atoms with Gasteiger partial charge in [-0.2, -0.15) is 0 Å². The summed E-state index contributed by atoms with van der Waals surface area (Å²) in [5.41, 5.74) is 2.11. The molecule has 0 atom stereocenters. The summed E-state index contributed by atoms with van der Waals surface area (Å²) in [7, 11) is 1.78. The van der Waals surface area contributed by atoms with Gasteiger partial charge in [-0.15, -0.1) is 0 Å². The normalized spacial score (nSPS) is 16.7. The molecule has 1 aliphatic rings. The zero-order valence-electron chi connectivity index (χ0n) is 18.8. The van der Waals surface area contributed by atoms with E-state index in [9.17, 15) is 0 Å². The minimum Gasteiger partial charge on any atom is -0.493 e. The molecular formula is C23H39N3O3. The van der Waals surface area contributed by atoms with Crippen molar-refractivity contribution in [3.05, 3.63) is 29.3 Å². The standard InChI is InChI=1S/C23H39N3O3/c1-6-24-22(26-17-23(27-5)10-13-28-14-11-23)25-16-20-8-7-19(4)15-21(20)29-12-9-18(2)3/h7-8,15,18H,6,9-14,16-17H2,1-5H3,(H2,24,25,26). The van der Waals surface area contributed by atoms with E-state index in [0.717, 1.165) is 62.9 Å². The van der Waals surface area contributed by atoms with E-state index in [0.29, 0.717) is 19.0 Å². The highest BCUT2D eigenvalue weighted by molar-refractivity contribution is 5.79. The van der Waals surface area contributed by atoms with E-state index in [1.807, 2.05) is 0 Å². The van der Waals surface area contributed by atoms with E-state index >= 15 is 0 Å². The van der Waals surface area contributed by atoms with Gasteiger partial charge in [-0.1, -0.05) is 26.0 Å². The van der Waals surface area contributed by atoms with Crippen LogP contribution in [0, 0.1) is 12.8 Å². The lowest BCUT2D eigenvalue weighted by molar-refractivity contribution is -0.0855. The second-order valence-electron chi connectivity index (χ2n) is 8.19. The first-order valence-electron chi connectivity index (χ1n) is 10.9. The Morgan fingerprint density at radius 1 is 1.24 bits per heavy atom. The largest absolute Gasteiger partial charge is 0.493 e. The fourth-order valence-corrected chi connectivity index (χ4v) is 3.28. The highest BCUT2D eigenvalue weighted by Crippen LogP contribution is 2.24. The number of benzene rings is 1. The molecule has 0 amide bonds. The summed E-state index contributed by atoms with van der Waals surface area (Å²) in [6, 6.07) is 6.33. The van der Waals surface area contributed by atoms with Crippen LogP contribution in [0.1, 0.15) is 51.2 Å². The fourth-order valence-electron chi connectivity index (χ4n) is 3.28. The van der Waals surface area contributed by atoms with Crippen LogP contribution in [0.15, 0.2) is 23.2 Å². The van der Waals surface area contributed by atoms with Crippen LogP contribution in [-0.4, -0.2) is 51.6 Å². The number of hydrogen-bond acceptors (Lipinski definition) is 4. The van der Waals surface area contributed by atoms with Gasteiger partial charge in [0.1, 0.15) is 5.75 Å². The number of aryl methyl sites for hydroxylation is 1. The first-order valence-corrected chi connectivity index (χ1v) is 10.9. The quantitative estimate of drug-likeness (QED) is 0.459. The summed E-state index contributed by atoms with van der Waals surface area (Å²) >= 11 is 0. The average Bonchev–Trinajstić information content (AvgIpc) is 2.71. The number of nitrogens with zero attached hydrogens (tertiary/aromatic N) is 1. The number of guanidine groups is 1. The molecule has 0 bridgehead atoms. The lowest BCUT2D eigenvalue weighted by Gasteiger charge is -2.36. The van der Waals surface area contributed by atoms with Gasteiger partial charge in [-0.05, 0) is 37.8 Å². The van der Waals surface area contributed by atoms with E-state index in [2.05, 4.69) is 56.5 Å². The Bertz CT molecular complexity index is 640. The van der Waals surface area contributed by atoms with Gasteiger partial charge < -0.3 is 24.8 Å². The molecule has 29 heavy (non-hydrogen) atoms. The Labute approximate surface area is 176 Å². The lowest BCUT2D eigenvalue weighted by Crippen LogP contribution is -2.50. The van der Waals surface area contributed by atoms with Crippen LogP contribution in [0.5, 0.6) is 5.75 Å². The van der Waals surface area contributed by atoms with Crippen molar-refractivity contribution in [1.29, 1.82) is 0 Å². The molecule has 1 heterocycles. The molecule has 0 spiro atoms. The third-order valence-electron chi connectivity index (χ3n) is 5.34. The summed E-state index contributed by atoms with van der Waals surface area (Å²) in [6.07, 6.45) is 2.83. The second-order valence-corrected chi connectivity index (χ2v) is 8.19. The summed E-state index contributed by atoms with van der Waals surface area (Å²) in [4.78, 5) is 4.79. The highest BCUT2D eigenvalue weighted by Gasteiger charge is 2.32. The van der Waals surface area contributed by atoms with Gasteiger partial charge in [0, 0.05) is 51.8 Å². The van der Waals surface area contributed by atoms with Crippen LogP contribution in [0.3, 0.4) is 0 Å². The molecule has 2 N–H and O–H groups in total. The zero-order chi connectivity index (χ0) is 21.1. The first kappa shape index (κ1) is 23.5. The summed E-state index contributed by atoms with van der Waals surface area (Å²) in [5.74, 6) is 2.36. The maximum Gasteiger partial charge on any atom is 0.191 e. The predicted octanol–water partition coefficient (Wildman–Crippen LogP) is 3.67. The lowest BCUT2D eigenvalue weighted by atomic mass is 9.94. The van der Waals surface area contributed by atoms with Crippen LogP contribution in [0.2, 0.25) is 0 Å². The minimum absolute atomic E-state index is 0.191. The van der Waals surface area contributed by atoms with Crippen molar-refractivity contribution in [2.45, 2.75) is 59.1 Å². The molecular weight excluding hydrogens is 366 g/mol. The van der Waals surface area contributed by atoms with Gasteiger partial charge in [0.2, 0.25) is 0 Å². The Morgan fingerprint density at radius 2 is 2.00 bits per heavy atom.